The van der Waals surface area contributed by atoms with Crippen molar-refractivity contribution in [1.29, 1.82) is 0 Å². The molecule has 80 valence electrons. The average molecular weight is 197 g/mol. The smallest absolute Gasteiger partial charge is 0.316 e. The molecule has 13 heavy (non-hydrogen) atoms. The molecule has 0 fully saturated rings. The van der Waals surface area contributed by atoms with Gasteiger partial charge in [-0.05, 0) is 25.4 Å². The molecule has 0 bridgehead atoms. The van der Waals surface area contributed by atoms with E-state index in [2.05, 4.69) is 19.2 Å². The van der Waals surface area contributed by atoms with E-state index in [0.717, 1.165) is 13.0 Å². The molecule has 0 radical (unpaired) electrons. The van der Waals surface area contributed by atoms with Gasteiger partial charge in [-0.2, -0.15) is 13.2 Å². The summed E-state index contributed by atoms with van der Waals surface area (Å²) in [5, 5.41) is 3.01. The highest BCUT2D eigenvalue weighted by Crippen LogP contribution is 2.20. The van der Waals surface area contributed by atoms with Crippen LogP contribution in [-0.4, -0.2) is 19.3 Å². The summed E-state index contributed by atoms with van der Waals surface area (Å²) in [6, 6.07) is 0. The van der Waals surface area contributed by atoms with E-state index in [9.17, 15) is 13.2 Å². The number of nitrogens with one attached hydrogen (secondary N) is 1. The fourth-order valence-electron chi connectivity index (χ4n) is 0.907. The van der Waals surface area contributed by atoms with Crippen molar-refractivity contribution in [2.45, 2.75) is 39.3 Å². The van der Waals surface area contributed by atoms with Gasteiger partial charge in [0.2, 0.25) is 0 Å². The van der Waals surface area contributed by atoms with Crippen LogP contribution in [0.2, 0.25) is 0 Å². The standard InChI is InChI=1S/C9H18F3N/c1-3-8(2)7-13-6-4-5-9(10,11)12/h8,13H,3-7H2,1-2H3. The van der Waals surface area contributed by atoms with Crippen molar-refractivity contribution in [3.8, 4) is 0 Å². The predicted molar refractivity (Wildman–Crippen MR) is 47.6 cm³/mol. The number of halogens is 3. The second kappa shape index (κ2) is 6.24. The van der Waals surface area contributed by atoms with Crippen LogP contribution in [0.25, 0.3) is 0 Å². The summed E-state index contributed by atoms with van der Waals surface area (Å²) in [6.45, 7) is 5.43. The molecule has 0 rings (SSSR count). The van der Waals surface area contributed by atoms with Gasteiger partial charge >= 0.3 is 6.18 Å². The van der Waals surface area contributed by atoms with Crippen molar-refractivity contribution in [2.75, 3.05) is 13.1 Å². The first-order chi connectivity index (χ1) is 5.95. The average Bonchev–Trinajstić information content (AvgIpc) is 2.01. The minimum absolute atomic E-state index is 0.180. The summed E-state index contributed by atoms with van der Waals surface area (Å²) in [7, 11) is 0. The van der Waals surface area contributed by atoms with Crippen LogP contribution in [0.1, 0.15) is 33.1 Å². The number of alkyl halides is 3. The third-order valence-corrected chi connectivity index (χ3v) is 2.00. The largest absolute Gasteiger partial charge is 0.389 e. The van der Waals surface area contributed by atoms with Crippen molar-refractivity contribution < 1.29 is 13.2 Å². The Balaban J connectivity index is 3.18. The highest BCUT2D eigenvalue weighted by molar-refractivity contribution is 4.57. The Labute approximate surface area is 77.7 Å². The zero-order chi connectivity index (χ0) is 10.3. The van der Waals surface area contributed by atoms with E-state index in [4.69, 9.17) is 0 Å². The first-order valence-electron chi connectivity index (χ1n) is 4.73. The first kappa shape index (κ1) is 12.8. The van der Waals surface area contributed by atoms with Gasteiger partial charge in [0.05, 0.1) is 0 Å². The maximum Gasteiger partial charge on any atom is 0.389 e. The molecule has 0 amide bonds. The van der Waals surface area contributed by atoms with E-state index in [1.807, 2.05) is 0 Å². The molecule has 1 N–H and O–H groups in total. The van der Waals surface area contributed by atoms with Crippen molar-refractivity contribution in [2.24, 2.45) is 5.92 Å². The van der Waals surface area contributed by atoms with Crippen LogP contribution in [0.15, 0.2) is 0 Å². The Morgan fingerprint density at radius 2 is 1.92 bits per heavy atom. The van der Waals surface area contributed by atoms with Crippen molar-refractivity contribution in [3.63, 3.8) is 0 Å². The molecule has 1 unspecified atom stereocenters. The molecule has 0 spiro atoms. The van der Waals surface area contributed by atoms with Crippen LogP contribution in [0.5, 0.6) is 0 Å². The highest BCUT2D eigenvalue weighted by atomic mass is 19.4. The minimum Gasteiger partial charge on any atom is -0.316 e. The Bertz CT molecular complexity index is 123. The lowest BCUT2D eigenvalue weighted by Gasteiger charge is -2.10. The summed E-state index contributed by atoms with van der Waals surface area (Å²) in [5.41, 5.74) is 0. The van der Waals surface area contributed by atoms with Gasteiger partial charge in [0.1, 0.15) is 0 Å². The molecule has 0 aliphatic heterocycles. The maximum absolute atomic E-state index is 11.7. The third-order valence-electron chi connectivity index (χ3n) is 2.00. The molecule has 0 heterocycles. The second-order valence-electron chi connectivity index (χ2n) is 3.44. The van der Waals surface area contributed by atoms with Crippen LogP contribution < -0.4 is 5.32 Å². The summed E-state index contributed by atoms with van der Waals surface area (Å²) in [4.78, 5) is 0. The number of hydrogen-bond donors (Lipinski definition) is 1. The lowest BCUT2D eigenvalue weighted by Crippen LogP contribution is -2.23. The van der Waals surface area contributed by atoms with Gasteiger partial charge < -0.3 is 5.32 Å². The SMILES string of the molecule is CCC(C)CNCCCC(F)(F)F. The maximum atomic E-state index is 11.7. The van der Waals surface area contributed by atoms with Gasteiger partial charge in [0.25, 0.3) is 0 Å². The fourth-order valence-corrected chi connectivity index (χ4v) is 0.907. The van der Waals surface area contributed by atoms with Crippen molar-refractivity contribution >= 4 is 0 Å². The Morgan fingerprint density at radius 3 is 2.38 bits per heavy atom. The quantitative estimate of drug-likeness (QED) is 0.645. The molecule has 0 aliphatic rings. The predicted octanol–water partition coefficient (Wildman–Crippen LogP) is 2.96. The van der Waals surface area contributed by atoms with Crippen LogP contribution >= 0.6 is 0 Å². The summed E-state index contributed by atoms with van der Waals surface area (Å²) in [5.74, 6) is 0.547. The summed E-state index contributed by atoms with van der Waals surface area (Å²) < 4.78 is 35.0. The fraction of sp³-hybridized carbons (Fsp3) is 1.00. The molecule has 0 saturated carbocycles. The van der Waals surface area contributed by atoms with E-state index < -0.39 is 12.6 Å². The minimum atomic E-state index is -4.00. The summed E-state index contributed by atoms with van der Waals surface area (Å²) >= 11 is 0. The van der Waals surface area contributed by atoms with Gasteiger partial charge in [0.15, 0.2) is 0 Å². The number of hydrogen-bond acceptors (Lipinski definition) is 1. The molecular weight excluding hydrogens is 179 g/mol. The zero-order valence-corrected chi connectivity index (χ0v) is 8.25. The number of rotatable bonds is 6. The highest BCUT2D eigenvalue weighted by Gasteiger charge is 2.25. The van der Waals surface area contributed by atoms with E-state index in [1.54, 1.807) is 0 Å². The van der Waals surface area contributed by atoms with Crippen LogP contribution in [0, 0.1) is 5.92 Å². The molecule has 1 atom stereocenters. The third kappa shape index (κ3) is 9.67. The van der Waals surface area contributed by atoms with Crippen molar-refractivity contribution in [1.82, 2.24) is 5.32 Å². The molecule has 0 aliphatic carbocycles. The van der Waals surface area contributed by atoms with E-state index >= 15 is 0 Å². The Hall–Kier alpha value is -0.250. The normalized spacial score (nSPS) is 14.5. The molecule has 4 heteroatoms. The van der Waals surface area contributed by atoms with Gasteiger partial charge in [-0.15, -0.1) is 0 Å². The second-order valence-corrected chi connectivity index (χ2v) is 3.44. The first-order valence-corrected chi connectivity index (χ1v) is 4.73. The van der Waals surface area contributed by atoms with Crippen LogP contribution in [0.4, 0.5) is 13.2 Å². The van der Waals surface area contributed by atoms with Gasteiger partial charge in [-0.3, -0.25) is 0 Å². The Morgan fingerprint density at radius 1 is 1.31 bits per heavy atom. The molecule has 1 nitrogen and oxygen atoms in total. The Kier molecular flexibility index (Phi) is 6.12. The van der Waals surface area contributed by atoms with Crippen LogP contribution in [0.3, 0.4) is 0 Å². The van der Waals surface area contributed by atoms with Crippen molar-refractivity contribution in [3.05, 3.63) is 0 Å². The van der Waals surface area contributed by atoms with E-state index in [0.29, 0.717) is 12.5 Å². The molecule has 0 aromatic rings. The molecule has 0 aromatic heterocycles. The molecular formula is C9H18F3N. The van der Waals surface area contributed by atoms with Crippen LogP contribution in [-0.2, 0) is 0 Å². The van der Waals surface area contributed by atoms with Gasteiger partial charge in [0, 0.05) is 6.42 Å². The topological polar surface area (TPSA) is 12.0 Å². The zero-order valence-electron chi connectivity index (χ0n) is 8.25. The van der Waals surface area contributed by atoms with E-state index in [-0.39, 0.29) is 6.42 Å². The van der Waals surface area contributed by atoms with E-state index in [1.165, 1.54) is 0 Å². The van der Waals surface area contributed by atoms with Gasteiger partial charge in [-0.25, -0.2) is 0 Å². The molecule has 0 aromatic carbocycles. The molecule has 0 saturated heterocycles. The lowest BCUT2D eigenvalue weighted by atomic mass is 10.1. The van der Waals surface area contributed by atoms with Gasteiger partial charge in [-0.1, -0.05) is 20.3 Å². The lowest BCUT2D eigenvalue weighted by molar-refractivity contribution is -0.135. The summed E-state index contributed by atoms with van der Waals surface area (Å²) in [6.07, 6.45) is -3.44. The monoisotopic (exact) mass is 197 g/mol.